The molecule has 1 aromatic carbocycles. The third-order valence-electron chi connectivity index (χ3n) is 3.38. The fourth-order valence-corrected chi connectivity index (χ4v) is 3.15. The average molecular weight is 343 g/mol. The number of benzene rings is 1. The normalized spacial score (nSPS) is 15.1. The van der Waals surface area contributed by atoms with Crippen LogP contribution in [-0.4, -0.2) is 27.1 Å². The summed E-state index contributed by atoms with van der Waals surface area (Å²) in [6, 6.07) is 4.46. The molecule has 0 fully saturated rings. The Morgan fingerprint density at radius 2 is 2.09 bits per heavy atom. The quantitative estimate of drug-likeness (QED) is 0.808. The summed E-state index contributed by atoms with van der Waals surface area (Å²) >= 11 is 6.06. The van der Waals surface area contributed by atoms with Gasteiger partial charge in [0.15, 0.2) is 0 Å². The molecule has 0 bridgehead atoms. The molecule has 0 saturated carbocycles. The summed E-state index contributed by atoms with van der Waals surface area (Å²) in [5.74, 6) is -0.262. The summed E-state index contributed by atoms with van der Waals surface area (Å²) in [5.41, 5.74) is 1.90. The SMILES string of the molecule is CS(=O)(=O)Nc1ccc(C(=O)NCC2=CCCCC2)c(Cl)c1. The molecule has 7 heteroatoms. The molecule has 2 N–H and O–H groups in total. The predicted molar refractivity (Wildman–Crippen MR) is 88.8 cm³/mol. The second-order valence-corrected chi connectivity index (χ2v) is 7.52. The van der Waals surface area contributed by atoms with Gasteiger partial charge in [0.1, 0.15) is 0 Å². The Morgan fingerprint density at radius 1 is 1.32 bits per heavy atom. The molecule has 0 unspecified atom stereocenters. The monoisotopic (exact) mass is 342 g/mol. The molecule has 0 aromatic heterocycles. The van der Waals surface area contributed by atoms with Gasteiger partial charge in [-0.05, 0) is 43.9 Å². The number of sulfonamides is 1. The predicted octanol–water partition coefficient (Wildman–Crippen LogP) is 2.94. The van der Waals surface area contributed by atoms with Crippen molar-refractivity contribution in [2.24, 2.45) is 0 Å². The van der Waals surface area contributed by atoms with E-state index < -0.39 is 10.0 Å². The average Bonchev–Trinajstić information content (AvgIpc) is 2.44. The van der Waals surface area contributed by atoms with Crippen LogP contribution in [0.25, 0.3) is 0 Å². The van der Waals surface area contributed by atoms with Crippen molar-refractivity contribution in [2.75, 3.05) is 17.5 Å². The lowest BCUT2D eigenvalue weighted by Gasteiger charge is -2.14. The number of amides is 1. The van der Waals surface area contributed by atoms with E-state index >= 15 is 0 Å². The lowest BCUT2D eigenvalue weighted by Crippen LogP contribution is -2.26. The molecule has 5 nitrogen and oxygen atoms in total. The Morgan fingerprint density at radius 3 is 2.68 bits per heavy atom. The molecule has 22 heavy (non-hydrogen) atoms. The Bertz CT molecular complexity index is 699. The van der Waals surface area contributed by atoms with Crippen molar-refractivity contribution in [1.29, 1.82) is 0 Å². The number of allylic oxidation sites excluding steroid dienone is 1. The van der Waals surface area contributed by atoms with Gasteiger partial charge in [0.05, 0.1) is 16.8 Å². The van der Waals surface area contributed by atoms with Crippen LogP contribution in [0, 0.1) is 0 Å². The van der Waals surface area contributed by atoms with E-state index in [-0.39, 0.29) is 10.9 Å². The molecule has 1 aromatic rings. The van der Waals surface area contributed by atoms with Gasteiger partial charge in [0.2, 0.25) is 10.0 Å². The third kappa shape index (κ3) is 5.03. The van der Waals surface area contributed by atoms with Crippen LogP contribution in [0.4, 0.5) is 5.69 Å². The third-order valence-corrected chi connectivity index (χ3v) is 4.30. The van der Waals surface area contributed by atoms with Gasteiger partial charge in [-0.3, -0.25) is 9.52 Å². The van der Waals surface area contributed by atoms with E-state index in [2.05, 4.69) is 16.1 Å². The smallest absolute Gasteiger partial charge is 0.253 e. The second kappa shape index (κ2) is 7.15. The Labute approximate surface area is 135 Å². The first-order chi connectivity index (χ1) is 10.3. The molecular weight excluding hydrogens is 324 g/mol. The molecule has 0 aliphatic heterocycles. The van der Waals surface area contributed by atoms with E-state index in [0.717, 1.165) is 25.5 Å². The van der Waals surface area contributed by atoms with Crippen LogP contribution >= 0.6 is 11.6 Å². The van der Waals surface area contributed by atoms with Crippen LogP contribution in [-0.2, 0) is 10.0 Å². The summed E-state index contributed by atoms with van der Waals surface area (Å²) in [5, 5.41) is 3.06. The van der Waals surface area contributed by atoms with Crippen LogP contribution in [0.3, 0.4) is 0 Å². The molecule has 0 saturated heterocycles. The fraction of sp³-hybridized carbons (Fsp3) is 0.400. The van der Waals surface area contributed by atoms with E-state index in [9.17, 15) is 13.2 Å². The van der Waals surface area contributed by atoms with Crippen LogP contribution in [0.2, 0.25) is 5.02 Å². The maximum atomic E-state index is 12.1. The Kier molecular flexibility index (Phi) is 5.47. The first-order valence-corrected chi connectivity index (χ1v) is 9.35. The van der Waals surface area contributed by atoms with Crippen molar-refractivity contribution in [3.8, 4) is 0 Å². The molecule has 1 aliphatic carbocycles. The van der Waals surface area contributed by atoms with Crippen molar-refractivity contribution in [1.82, 2.24) is 5.32 Å². The molecular formula is C15H19ClN2O3S. The summed E-state index contributed by atoms with van der Waals surface area (Å²) in [4.78, 5) is 12.1. The van der Waals surface area contributed by atoms with Gasteiger partial charge in [-0.15, -0.1) is 0 Å². The molecule has 1 amide bonds. The minimum atomic E-state index is -3.37. The molecule has 1 aliphatic rings. The van der Waals surface area contributed by atoms with Gasteiger partial charge in [-0.2, -0.15) is 0 Å². The van der Waals surface area contributed by atoms with E-state index in [1.165, 1.54) is 30.2 Å². The van der Waals surface area contributed by atoms with Crippen molar-refractivity contribution >= 4 is 33.2 Å². The lowest BCUT2D eigenvalue weighted by atomic mass is 9.99. The number of hydrogen-bond donors (Lipinski definition) is 2. The first-order valence-electron chi connectivity index (χ1n) is 7.08. The molecule has 2 rings (SSSR count). The summed E-state index contributed by atoms with van der Waals surface area (Å²) in [6.07, 6.45) is 7.68. The van der Waals surface area contributed by atoms with Crippen LogP contribution in [0.15, 0.2) is 29.8 Å². The highest BCUT2D eigenvalue weighted by Gasteiger charge is 2.13. The highest BCUT2D eigenvalue weighted by Crippen LogP contribution is 2.22. The summed E-state index contributed by atoms with van der Waals surface area (Å²) in [6.45, 7) is 0.526. The van der Waals surface area contributed by atoms with Crippen molar-refractivity contribution in [3.05, 3.63) is 40.4 Å². The van der Waals surface area contributed by atoms with E-state index in [1.54, 1.807) is 0 Å². The summed E-state index contributed by atoms with van der Waals surface area (Å²) < 4.78 is 24.7. The Balaban J connectivity index is 2.02. The topological polar surface area (TPSA) is 75.3 Å². The van der Waals surface area contributed by atoms with Crippen LogP contribution < -0.4 is 10.0 Å². The zero-order valence-corrected chi connectivity index (χ0v) is 13.9. The molecule has 0 spiro atoms. The summed E-state index contributed by atoms with van der Waals surface area (Å²) in [7, 11) is -3.37. The highest BCUT2D eigenvalue weighted by atomic mass is 35.5. The van der Waals surface area contributed by atoms with Gasteiger partial charge in [0, 0.05) is 12.2 Å². The highest BCUT2D eigenvalue weighted by molar-refractivity contribution is 7.92. The van der Waals surface area contributed by atoms with E-state index in [1.807, 2.05) is 0 Å². The standard InChI is InChI=1S/C15H19ClN2O3S/c1-22(20,21)18-12-7-8-13(14(16)9-12)15(19)17-10-11-5-3-2-4-6-11/h5,7-9,18H,2-4,6,10H2,1H3,(H,17,19). The maximum absolute atomic E-state index is 12.1. The molecule has 0 atom stereocenters. The number of carbonyl (C=O) groups is 1. The van der Waals surface area contributed by atoms with Gasteiger partial charge >= 0.3 is 0 Å². The zero-order chi connectivity index (χ0) is 16.2. The number of rotatable bonds is 5. The number of nitrogens with one attached hydrogen (secondary N) is 2. The van der Waals surface area contributed by atoms with E-state index in [0.29, 0.717) is 17.8 Å². The lowest BCUT2D eigenvalue weighted by molar-refractivity contribution is 0.0956. The molecule has 0 radical (unpaired) electrons. The van der Waals surface area contributed by atoms with Crippen LogP contribution in [0.5, 0.6) is 0 Å². The first kappa shape index (κ1) is 16.8. The van der Waals surface area contributed by atoms with Crippen molar-refractivity contribution in [3.63, 3.8) is 0 Å². The zero-order valence-electron chi connectivity index (χ0n) is 12.4. The minimum absolute atomic E-state index is 0.212. The minimum Gasteiger partial charge on any atom is -0.348 e. The van der Waals surface area contributed by atoms with E-state index in [4.69, 9.17) is 11.6 Å². The maximum Gasteiger partial charge on any atom is 0.253 e. The number of anilines is 1. The van der Waals surface area contributed by atoms with Crippen molar-refractivity contribution in [2.45, 2.75) is 25.7 Å². The van der Waals surface area contributed by atoms with Gasteiger partial charge in [-0.25, -0.2) is 8.42 Å². The number of carbonyl (C=O) groups excluding carboxylic acids is 1. The largest absolute Gasteiger partial charge is 0.348 e. The van der Waals surface area contributed by atoms with Crippen LogP contribution in [0.1, 0.15) is 36.0 Å². The second-order valence-electron chi connectivity index (χ2n) is 5.36. The molecule has 0 heterocycles. The van der Waals surface area contributed by atoms with Crippen molar-refractivity contribution < 1.29 is 13.2 Å². The molecule has 120 valence electrons. The van der Waals surface area contributed by atoms with Gasteiger partial charge in [0.25, 0.3) is 5.91 Å². The Hall–Kier alpha value is -1.53. The fourth-order valence-electron chi connectivity index (χ4n) is 2.33. The van der Waals surface area contributed by atoms with Gasteiger partial charge in [-0.1, -0.05) is 23.3 Å². The van der Waals surface area contributed by atoms with Gasteiger partial charge < -0.3 is 5.32 Å². The number of hydrogen-bond acceptors (Lipinski definition) is 3. The number of halogens is 1.